The molecule has 3 rings (SSSR count). The van der Waals surface area contributed by atoms with Crippen molar-refractivity contribution in [1.29, 1.82) is 0 Å². The molecule has 2 saturated heterocycles. The fraction of sp³-hybridized carbons (Fsp3) is 0.611. The van der Waals surface area contributed by atoms with Crippen LogP contribution in [0.1, 0.15) is 31.2 Å². The zero-order valence-corrected chi connectivity index (χ0v) is 13.7. The SMILES string of the molecule is COc1ccc(CCNC(=O)CN2C3CCC2CC(O)C3)cc1. The third-order valence-corrected chi connectivity index (χ3v) is 5.08. The van der Waals surface area contributed by atoms with Gasteiger partial charge in [-0.15, -0.1) is 0 Å². The number of methoxy groups -OCH3 is 1. The molecule has 23 heavy (non-hydrogen) atoms. The number of piperidine rings is 1. The van der Waals surface area contributed by atoms with Crippen LogP contribution in [0.2, 0.25) is 0 Å². The number of aliphatic hydroxyl groups excluding tert-OH is 1. The third-order valence-electron chi connectivity index (χ3n) is 5.08. The van der Waals surface area contributed by atoms with Gasteiger partial charge in [0, 0.05) is 18.6 Å². The number of ether oxygens (including phenoxy) is 1. The van der Waals surface area contributed by atoms with Gasteiger partial charge in [-0.1, -0.05) is 12.1 Å². The number of hydrogen-bond acceptors (Lipinski definition) is 4. The molecule has 0 aromatic heterocycles. The first kappa shape index (κ1) is 16.3. The van der Waals surface area contributed by atoms with Gasteiger partial charge in [-0.3, -0.25) is 9.69 Å². The number of hydrogen-bond donors (Lipinski definition) is 2. The van der Waals surface area contributed by atoms with E-state index in [9.17, 15) is 9.90 Å². The number of aliphatic hydroxyl groups is 1. The maximum atomic E-state index is 12.2. The van der Waals surface area contributed by atoms with Crippen molar-refractivity contribution in [2.45, 2.75) is 50.3 Å². The van der Waals surface area contributed by atoms with E-state index in [4.69, 9.17) is 4.74 Å². The Morgan fingerprint density at radius 1 is 1.26 bits per heavy atom. The number of rotatable bonds is 6. The summed E-state index contributed by atoms with van der Waals surface area (Å²) in [7, 11) is 1.65. The highest BCUT2D eigenvalue weighted by Gasteiger charge is 2.40. The average molecular weight is 318 g/mol. The minimum atomic E-state index is -0.179. The number of benzene rings is 1. The van der Waals surface area contributed by atoms with Gasteiger partial charge < -0.3 is 15.2 Å². The number of fused-ring (bicyclic) bond motifs is 2. The van der Waals surface area contributed by atoms with E-state index in [1.165, 1.54) is 5.56 Å². The van der Waals surface area contributed by atoms with Crippen molar-refractivity contribution in [2.24, 2.45) is 0 Å². The van der Waals surface area contributed by atoms with E-state index in [0.29, 0.717) is 25.2 Å². The Bertz CT molecular complexity index is 518. The van der Waals surface area contributed by atoms with E-state index in [2.05, 4.69) is 10.2 Å². The Labute approximate surface area is 137 Å². The highest BCUT2D eigenvalue weighted by molar-refractivity contribution is 5.78. The minimum Gasteiger partial charge on any atom is -0.497 e. The lowest BCUT2D eigenvalue weighted by molar-refractivity contribution is -0.124. The van der Waals surface area contributed by atoms with Crippen LogP contribution in [0.5, 0.6) is 5.75 Å². The van der Waals surface area contributed by atoms with Crippen LogP contribution < -0.4 is 10.1 Å². The van der Waals surface area contributed by atoms with E-state index in [1.54, 1.807) is 7.11 Å². The van der Waals surface area contributed by atoms with Crippen molar-refractivity contribution in [1.82, 2.24) is 10.2 Å². The van der Waals surface area contributed by atoms with Crippen LogP contribution in [-0.2, 0) is 11.2 Å². The summed E-state index contributed by atoms with van der Waals surface area (Å²) in [5.74, 6) is 0.937. The molecule has 5 nitrogen and oxygen atoms in total. The maximum absolute atomic E-state index is 12.2. The number of carbonyl (C=O) groups excluding carboxylic acids is 1. The van der Waals surface area contributed by atoms with Crippen molar-refractivity contribution >= 4 is 5.91 Å². The third kappa shape index (κ3) is 4.03. The second-order valence-electron chi connectivity index (χ2n) is 6.63. The Morgan fingerprint density at radius 2 is 1.91 bits per heavy atom. The topological polar surface area (TPSA) is 61.8 Å². The van der Waals surface area contributed by atoms with Crippen molar-refractivity contribution in [3.05, 3.63) is 29.8 Å². The first-order valence-electron chi connectivity index (χ1n) is 8.49. The normalized spacial score (nSPS) is 27.0. The molecule has 2 atom stereocenters. The number of amides is 1. The van der Waals surface area contributed by atoms with Gasteiger partial charge >= 0.3 is 0 Å². The summed E-state index contributed by atoms with van der Waals surface area (Å²) in [6, 6.07) is 8.70. The standard InChI is InChI=1S/C18H26N2O3/c1-23-17-6-2-13(3-7-17)8-9-19-18(22)12-20-14-4-5-15(20)11-16(21)10-14/h2-3,6-7,14-16,21H,4-5,8-12H2,1H3,(H,19,22). The van der Waals surface area contributed by atoms with Gasteiger partial charge in [0.2, 0.25) is 5.91 Å². The molecule has 2 bridgehead atoms. The number of carbonyl (C=O) groups is 1. The first-order chi connectivity index (χ1) is 11.2. The highest BCUT2D eigenvalue weighted by Crippen LogP contribution is 2.35. The molecule has 0 aliphatic carbocycles. The Balaban J connectivity index is 1.41. The van der Waals surface area contributed by atoms with Gasteiger partial charge in [0.25, 0.3) is 0 Å². The summed E-state index contributed by atoms with van der Waals surface area (Å²) in [6.45, 7) is 1.11. The van der Waals surface area contributed by atoms with E-state index < -0.39 is 0 Å². The monoisotopic (exact) mass is 318 g/mol. The predicted molar refractivity (Wildman–Crippen MR) is 88.5 cm³/mol. The minimum absolute atomic E-state index is 0.0896. The van der Waals surface area contributed by atoms with Crippen LogP contribution in [0.4, 0.5) is 0 Å². The van der Waals surface area contributed by atoms with Gasteiger partial charge in [0.1, 0.15) is 5.75 Å². The Morgan fingerprint density at radius 3 is 2.52 bits per heavy atom. The van der Waals surface area contributed by atoms with Gasteiger partial charge in [-0.25, -0.2) is 0 Å². The van der Waals surface area contributed by atoms with Crippen LogP contribution in [0.3, 0.4) is 0 Å². The molecule has 5 heteroatoms. The second-order valence-corrected chi connectivity index (χ2v) is 6.63. The molecule has 1 aromatic carbocycles. The molecular weight excluding hydrogens is 292 g/mol. The predicted octanol–water partition coefficient (Wildman–Crippen LogP) is 1.34. The Hall–Kier alpha value is -1.59. The molecule has 2 N–H and O–H groups in total. The highest BCUT2D eigenvalue weighted by atomic mass is 16.5. The quantitative estimate of drug-likeness (QED) is 0.831. The summed E-state index contributed by atoms with van der Waals surface area (Å²) in [4.78, 5) is 14.5. The Kier molecular flexibility index (Phi) is 5.18. The molecule has 1 aromatic rings. The zero-order valence-electron chi connectivity index (χ0n) is 13.7. The van der Waals surface area contributed by atoms with Gasteiger partial charge in [-0.05, 0) is 49.8 Å². The van der Waals surface area contributed by atoms with Crippen molar-refractivity contribution < 1.29 is 14.6 Å². The van der Waals surface area contributed by atoms with E-state index in [1.807, 2.05) is 24.3 Å². The first-order valence-corrected chi connectivity index (χ1v) is 8.49. The lowest BCUT2D eigenvalue weighted by Crippen LogP contribution is -2.49. The zero-order chi connectivity index (χ0) is 16.2. The van der Waals surface area contributed by atoms with Crippen molar-refractivity contribution in [3.63, 3.8) is 0 Å². The van der Waals surface area contributed by atoms with Gasteiger partial charge in [0.05, 0.1) is 19.8 Å². The summed E-state index contributed by atoms with van der Waals surface area (Å²) in [5, 5.41) is 12.8. The molecule has 2 fully saturated rings. The molecule has 2 aliphatic heterocycles. The van der Waals surface area contributed by atoms with Crippen molar-refractivity contribution in [3.8, 4) is 5.75 Å². The van der Waals surface area contributed by atoms with Crippen LogP contribution in [0.15, 0.2) is 24.3 Å². The van der Waals surface area contributed by atoms with E-state index in [-0.39, 0.29) is 12.0 Å². The molecule has 2 heterocycles. The number of nitrogens with one attached hydrogen (secondary N) is 1. The summed E-state index contributed by atoms with van der Waals surface area (Å²) >= 11 is 0. The van der Waals surface area contributed by atoms with Crippen LogP contribution in [-0.4, -0.2) is 54.3 Å². The lowest BCUT2D eigenvalue weighted by Gasteiger charge is -2.36. The molecule has 0 saturated carbocycles. The average Bonchev–Trinajstić information content (AvgIpc) is 2.78. The fourth-order valence-electron chi connectivity index (χ4n) is 3.86. The maximum Gasteiger partial charge on any atom is 0.234 e. The van der Waals surface area contributed by atoms with Crippen LogP contribution in [0.25, 0.3) is 0 Å². The van der Waals surface area contributed by atoms with Crippen LogP contribution in [0, 0.1) is 0 Å². The fourth-order valence-corrected chi connectivity index (χ4v) is 3.86. The molecule has 126 valence electrons. The van der Waals surface area contributed by atoms with Crippen LogP contribution >= 0.6 is 0 Å². The van der Waals surface area contributed by atoms with Crippen molar-refractivity contribution in [2.75, 3.05) is 20.2 Å². The molecule has 0 spiro atoms. The van der Waals surface area contributed by atoms with Gasteiger partial charge in [-0.2, -0.15) is 0 Å². The molecule has 1 amide bonds. The van der Waals surface area contributed by atoms with Gasteiger partial charge in [0.15, 0.2) is 0 Å². The smallest absolute Gasteiger partial charge is 0.234 e. The second kappa shape index (κ2) is 7.32. The molecule has 0 radical (unpaired) electrons. The molecular formula is C18H26N2O3. The number of nitrogens with zero attached hydrogens (tertiary/aromatic N) is 1. The summed E-state index contributed by atoms with van der Waals surface area (Å²) in [5.41, 5.74) is 1.19. The lowest BCUT2D eigenvalue weighted by atomic mass is 10.00. The molecule has 2 unspecified atom stereocenters. The van der Waals surface area contributed by atoms with E-state index >= 15 is 0 Å². The molecule has 2 aliphatic rings. The van der Waals surface area contributed by atoms with E-state index in [0.717, 1.165) is 37.9 Å². The largest absolute Gasteiger partial charge is 0.497 e. The summed E-state index contributed by atoms with van der Waals surface area (Å²) in [6.07, 6.45) is 4.50. The summed E-state index contributed by atoms with van der Waals surface area (Å²) < 4.78 is 5.14.